The molecule has 3 heterocycles. The molecule has 0 amide bonds. The summed E-state index contributed by atoms with van der Waals surface area (Å²) in [4.78, 5) is 1.71. The Hall–Kier alpha value is -1.85. The molecule has 2 aliphatic rings. The third-order valence-electron chi connectivity index (χ3n) is 5.90. The molecule has 2 aromatic rings. The zero-order chi connectivity index (χ0) is 17.9. The Morgan fingerprint density at radius 3 is 2.54 bits per heavy atom. The third-order valence-corrected chi connectivity index (χ3v) is 6.12. The van der Waals surface area contributed by atoms with Crippen LogP contribution in [-0.4, -0.2) is 23.2 Å². The molecule has 5 heteroatoms. The number of fused-ring (bicyclic) bond motifs is 2. The van der Waals surface area contributed by atoms with Crippen LogP contribution >= 0.6 is 12.2 Å². The second-order valence-corrected chi connectivity index (χ2v) is 8.20. The monoisotopic (exact) mass is 370 g/mol. The summed E-state index contributed by atoms with van der Waals surface area (Å²) in [6.45, 7) is 3.11. The van der Waals surface area contributed by atoms with Crippen LogP contribution in [0.5, 0.6) is 0 Å². The summed E-state index contributed by atoms with van der Waals surface area (Å²) in [6, 6.07) is 14.3. The van der Waals surface area contributed by atoms with E-state index in [1.54, 1.807) is 11.2 Å². The zero-order valence-electron chi connectivity index (χ0n) is 15.3. The van der Waals surface area contributed by atoms with Crippen LogP contribution in [0.1, 0.15) is 43.4 Å². The van der Waals surface area contributed by atoms with E-state index in [2.05, 4.69) is 47.9 Å². The third kappa shape index (κ3) is 4.10. The molecule has 1 aromatic carbocycles. The maximum atomic E-state index is 5.60. The van der Waals surface area contributed by atoms with E-state index in [0.29, 0.717) is 18.1 Å². The molecule has 26 heavy (non-hydrogen) atoms. The minimum absolute atomic E-state index is 0.469. The molecule has 0 spiro atoms. The van der Waals surface area contributed by atoms with Crippen molar-refractivity contribution in [2.24, 2.45) is 0 Å². The summed E-state index contributed by atoms with van der Waals surface area (Å²) in [7, 11) is 0. The summed E-state index contributed by atoms with van der Waals surface area (Å²) in [5, 5.41) is 7.64. The number of hydrogen-bond donors (Lipinski definition) is 3. The minimum atomic E-state index is 0.469. The number of anilines is 1. The second kappa shape index (κ2) is 7.80. The quantitative estimate of drug-likeness (QED) is 0.724. The number of thiocarbonyl (C=S) groups is 1. The predicted octanol–water partition coefficient (Wildman–Crippen LogP) is 3.04. The van der Waals surface area contributed by atoms with E-state index < -0.39 is 0 Å². The van der Waals surface area contributed by atoms with Crippen LogP contribution in [0, 0.1) is 6.92 Å². The predicted molar refractivity (Wildman–Crippen MR) is 108 cm³/mol. The Morgan fingerprint density at radius 2 is 1.88 bits per heavy atom. The van der Waals surface area contributed by atoms with E-state index in [1.165, 1.54) is 37.7 Å². The summed E-state index contributed by atoms with van der Waals surface area (Å²) in [5.41, 5.74) is 2.31. The van der Waals surface area contributed by atoms with Crippen molar-refractivity contribution in [2.45, 2.75) is 63.7 Å². The molecule has 2 saturated heterocycles. The van der Waals surface area contributed by atoms with Gasteiger partial charge in [0.1, 0.15) is 6.54 Å². The van der Waals surface area contributed by atoms with Crippen molar-refractivity contribution in [3.05, 3.63) is 54.0 Å². The molecule has 138 valence electrons. The highest BCUT2D eigenvalue weighted by Gasteiger charge is 2.42. The Bertz CT molecular complexity index is 714. The lowest BCUT2D eigenvalue weighted by molar-refractivity contribution is -0.974. The average Bonchev–Trinajstić information content (AvgIpc) is 3.11. The van der Waals surface area contributed by atoms with E-state index in [1.807, 2.05) is 6.07 Å². The Balaban J connectivity index is 1.34. The topological polar surface area (TPSA) is 41.6 Å². The fourth-order valence-corrected chi connectivity index (χ4v) is 4.93. The van der Waals surface area contributed by atoms with Gasteiger partial charge in [0, 0.05) is 24.6 Å². The lowest BCUT2D eigenvalue weighted by atomic mass is 9.81. The van der Waals surface area contributed by atoms with Crippen LogP contribution in [-0.2, 0) is 6.54 Å². The van der Waals surface area contributed by atoms with Crippen molar-refractivity contribution in [2.75, 3.05) is 5.32 Å². The van der Waals surface area contributed by atoms with Crippen LogP contribution in [0.15, 0.2) is 47.1 Å². The maximum Gasteiger partial charge on any atom is 0.171 e. The Morgan fingerprint density at radius 1 is 1.15 bits per heavy atom. The summed E-state index contributed by atoms with van der Waals surface area (Å²) in [5.74, 6) is 1.11. The minimum Gasteiger partial charge on any atom is -0.463 e. The van der Waals surface area contributed by atoms with Crippen LogP contribution in [0.25, 0.3) is 0 Å². The first-order valence-electron chi connectivity index (χ1n) is 9.69. The molecule has 4 nitrogen and oxygen atoms in total. The van der Waals surface area contributed by atoms with Crippen molar-refractivity contribution in [3.63, 3.8) is 0 Å². The van der Waals surface area contributed by atoms with Gasteiger partial charge in [-0.1, -0.05) is 17.7 Å². The number of aryl methyl sites for hydroxylation is 1. The normalized spacial score (nSPS) is 27.7. The van der Waals surface area contributed by atoms with E-state index >= 15 is 0 Å². The number of rotatable bonds is 4. The highest BCUT2D eigenvalue weighted by Crippen LogP contribution is 2.23. The molecule has 0 radical (unpaired) electrons. The molecule has 4 atom stereocenters. The van der Waals surface area contributed by atoms with E-state index in [4.69, 9.17) is 16.6 Å². The number of hydrogen-bond acceptors (Lipinski definition) is 2. The SMILES string of the molecule is Cc1ccc(NC(=S)NC2C[C@H]3CCC[C@@H](C2)[NH+]3Cc2ccco2)cc1. The smallest absolute Gasteiger partial charge is 0.171 e. The van der Waals surface area contributed by atoms with Gasteiger partial charge in [-0.2, -0.15) is 0 Å². The fourth-order valence-electron chi connectivity index (χ4n) is 4.65. The molecular weight excluding hydrogens is 342 g/mol. The molecular formula is C21H28N3OS+. The molecule has 4 rings (SSSR count). The van der Waals surface area contributed by atoms with Gasteiger partial charge in [-0.25, -0.2) is 0 Å². The van der Waals surface area contributed by atoms with Crippen LogP contribution in [0.4, 0.5) is 5.69 Å². The van der Waals surface area contributed by atoms with Crippen LogP contribution < -0.4 is 15.5 Å². The van der Waals surface area contributed by atoms with E-state index in [0.717, 1.165) is 23.1 Å². The van der Waals surface area contributed by atoms with Crippen molar-refractivity contribution >= 4 is 23.0 Å². The largest absolute Gasteiger partial charge is 0.463 e. The summed E-state index contributed by atoms with van der Waals surface area (Å²) >= 11 is 5.56. The molecule has 2 aliphatic heterocycles. The first-order valence-corrected chi connectivity index (χ1v) is 10.1. The molecule has 2 unspecified atom stereocenters. The van der Waals surface area contributed by atoms with E-state index in [-0.39, 0.29) is 0 Å². The van der Waals surface area contributed by atoms with Gasteiger partial charge in [0.25, 0.3) is 0 Å². The van der Waals surface area contributed by atoms with Gasteiger partial charge in [-0.15, -0.1) is 0 Å². The fraction of sp³-hybridized carbons (Fsp3) is 0.476. The Labute approximate surface area is 161 Å². The van der Waals surface area contributed by atoms with Crippen LogP contribution in [0.2, 0.25) is 0 Å². The van der Waals surface area contributed by atoms with Crippen molar-refractivity contribution < 1.29 is 9.32 Å². The summed E-state index contributed by atoms with van der Waals surface area (Å²) in [6.07, 6.45) is 8.13. The van der Waals surface area contributed by atoms with Gasteiger partial charge < -0.3 is 20.0 Å². The first-order chi connectivity index (χ1) is 12.7. The van der Waals surface area contributed by atoms with Gasteiger partial charge in [-0.05, 0) is 62.7 Å². The van der Waals surface area contributed by atoms with E-state index in [9.17, 15) is 0 Å². The zero-order valence-corrected chi connectivity index (χ0v) is 16.1. The van der Waals surface area contributed by atoms with Gasteiger partial charge >= 0.3 is 0 Å². The molecule has 2 fully saturated rings. The van der Waals surface area contributed by atoms with Gasteiger partial charge in [0.15, 0.2) is 10.9 Å². The Kier molecular flexibility index (Phi) is 5.27. The first kappa shape index (κ1) is 17.6. The number of piperidine rings is 2. The standard InChI is InChI=1S/C21H27N3OS/c1-15-7-9-16(10-8-15)22-21(26)23-17-12-18-4-2-5-19(13-17)24(18)14-20-6-3-11-25-20/h3,6-11,17-19H,2,4-5,12-14H2,1H3,(H2,22,23,26)/p+1/t17?,18-,19+. The van der Waals surface area contributed by atoms with Crippen LogP contribution in [0.3, 0.4) is 0 Å². The highest BCUT2D eigenvalue weighted by atomic mass is 32.1. The van der Waals surface area contributed by atoms with Crippen molar-refractivity contribution in [3.8, 4) is 0 Å². The van der Waals surface area contributed by atoms with Gasteiger partial charge in [0.05, 0.1) is 18.3 Å². The number of quaternary nitrogens is 1. The number of furan rings is 1. The molecule has 0 saturated carbocycles. The second-order valence-electron chi connectivity index (χ2n) is 7.79. The molecule has 2 bridgehead atoms. The van der Waals surface area contributed by atoms with Gasteiger partial charge in [0.2, 0.25) is 0 Å². The average molecular weight is 371 g/mol. The highest BCUT2D eigenvalue weighted by molar-refractivity contribution is 7.80. The molecule has 1 aromatic heterocycles. The summed E-state index contributed by atoms with van der Waals surface area (Å²) < 4.78 is 5.60. The van der Waals surface area contributed by atoms with Crippen molar-refractivity contribution in [1.82, 2.24) is 5.32 Å². The molecule has 3 N–H and O–H groups in total. The van der Waals surface area contributed by atoms with Gasteiger partial charge in [-0.3, -0.25) is 0 Å². The lowest BCUT2D eigenvalue weighted by Crippen LogP contribution is -3.20. The molecule has 0 aliphatic carbocycles. The van der Waals surface area contributed by atoms with Crippen molar-refractivity contribution in [1.29, 1.82) is 0 Å². The number of nitrogens with one attached hydrogen (secondary N) is 3. The number of benzene rings is 1. The maximum absolute atomic E-state index is 5.60. The lowest BCUT2D eigenvalue weighted by Gasteiger charge is -2.45.